The van der Waals surface area contributed by atoms with Crippen LogP contribution in [-0.2, 0) is 0 Å². The van der Waals surface area contributed by atoms with Crippen LogP contribution < -0.4 is 5.32 Å². The van der Waals surface area contributed by atoms with Gasteiger partial charge in [-0.05, 0) is 46.4 Å². The Morgan fingerprint density at radius 1 is 1.39 bits per heavy atom. The second-order valence-electron chi connectivity index (χ2n) is 3.79. The molecular weight excluding hydrogens is 373 g/mol. The Labute approximate surface area is 133 Å². The Kier molecular flexibility index (Phi) is 5.54. The Morgan fingerprint density at radius 3 is 2.67 bits per heavy atom. The number of hydrogen-bond donors (Lipinski definition) is 1. The molecular formula is C12H12BrCl2NS2. The molecule has 0 aliphatic rings. The lowest BCUT2D eigenvalue weighted by Gasteiger charge is -2.16. The van der Waals surface area contributed by atoms with Crippen LogP contribution in [0.4, 0.5) is 0 Å². The van der Waals surface area contributed by atoms with E-state index in [4.69, 9.17) is 23.2 Å². The van der Waals surface area contributed by atoms with Crippen molar-refractivity contribution < 1.29 is 0 Å². The number of hydrogen-bond acceptors (Lipinski definition) is 3. The molecule has 0 fully saturated rings. The molecule has 0 aliphatic heterocycles. The molecule has 0 amide bonds. The Balaban J connectivity index is 2.33. The molecule has 0 aliphatic carbocycles. The van der Waals surface area contributed by atoms with Crippen LogP contribution in [0.25, 0.3) is 0 Å². The lowest BCUT2D eigenvalue weighted by molar-refractivity contribution is 0.613. The van der Waals surface area contributed by atoms with Gasteiger partial charge in [0, 0.05) is 9.75 Å². The summed E-state index contributed by atoms with van der Waals surface area (Å²) < 4.78 is 0.968. The van der Waals surface area contributed by atoms with Gasteiger partial charge in [-0.25, -0.2) is 0 Å². The smallest absolute Gasteiger partial charge is 0.0888 e. The second-order valence-corrected chi connectivity index (χ2v) is 7.95. The third-order valence-electron chi connectivity index (χ3n) is 2.45. The topological polar surface area (TPSA) is 12.0 Å². The molecule has 0 radical (unpaired) electrons. The average molecular weight is 385 g/mol. The zero-order valence-corrected chi connectivity index (χ0v) is 14.4. The highest BCUT2D eigenvalue weighted by Crippen LogP contribution is 2.40. The minimum absolute atomic E-state index is 0.131. The van der Waals surface area contributed by atoms with Crippen LogP contribution in [0.1, 0.15) is 29.1 Å². The van der Waals surface area contributed by atoms with Gasteiger partial charge in [0.15, 0.2) is 0 Å². The van der Waals surface area contributed by atoms with Crippen molar-refractivity contribution in [2.45, 2.75) is 19.4 Å². The molecule has 2 aromatic rings. The molecule has 2 aromatic heterocycles. The van der Waals surface area contributed by atoms with Crippen LogP contribution in [0.5, 0.6) is 0 Å². The van der Waals surface area contributed by atoms with Crippen LogP contribution in [0.2, 0.25) is 10.0 Å². The molecule has 0 spiro atoms. The van der Waals surface area contributed by atoms with E-state index >= 15 is 0 Å². The molecule has 1 unspecified atom stereocenters. The van der Waals surface area contributed by atoms with E-state index in [1.165, 1.54) is 4.88 Å². The van der Waals surface area contributed by atoms with E-state index in [0.29, 0.717) is 0 Å². The molecule has 1 atom stereocenters. The molecule has 98 valence electrons. The van der Waals surface area contributed by atoms with Crippen molar-refractivity contribution in [3.05, 3.63) is 41.1 Å². The molecule has 0 saturated carbocycles. The molecule has 6 heteroatoms. The lowest BCUT2D eigenvalue weighted by Crippen LogP contribution is -2.21. The summed E-state index contributed by atoms with van der Waals surface area (Å²) in [4.78, 5) is 2.33. The average Bonchev–Trinajstić information content (AvgIpc) is 2.88. The van der Waals surface area contributed by atoms with E-state index in [1.807, 2.05) is 17.5 Å². The Bertz CT molecular complexity index is 504. The van der Waals surface area contributed by atoms with Gasteiger partial charge >= 0.3 is 0 Å². The van der Waals surface area contributed by atoms with E-state index in [1.54, 1.807) is 22.7 Å². The predicted molar refractivity (Wildman–Crippen MR) is 86.5 cm³/mol. The fourth-order valence-electron chi connectivity index (χ4n) is 1.63. The fraction of sp³-hybridized carbons (Fsp3) is 0.333. The summed E-state index contributed by atoms with van der Waals surface area (Å²) in [6.45, 7) is 3.10. The monoisotopic (exact) mass is 383 g/mol. The SMILES string of the molecule is CCCNC(c1cc(Cl)c(Br)s1)c1sccc1Cl. The van der Waals surface area contributed by atoms with Gasteiger partial charge in [0.05, 0.1) is 19.9 Å². The van der Waals surface area contributed by atoms with E-state index < -0.39 is 0 Å². The third kappa shape index (κ3) is 3.30. The van der Waals surface area contributed by atoms with Crippen LogP contribution in [0.15, 0.2) is 21.3 Å². The summed E-state index contributed by atoms with van der Waals surface area (Å²) in [5.74, 6) is 0. The van der Waals surface area contributed by atoms with Crippen molar-refractivity contribution in [1.29, 1.82) is 0 Å². The van der Waals surface area contributed by atoms with Gasteiger partial charge in [-0.15, -0.1) is 22.7 Å². The standard InChI is InChI=1S/C12H12BrCl2NS2/c1-2-4-16-10(11-7(14)3-5-17-11)9-6-8(15)12(13)18-9/h3,5-6,10,16H,2,4H2,1H3. The van der Waals surface area contributed by atoms with Crippen LogP contribution >= 0.6 is 61.8 Å². The van der Waals surface area contributed by atoms with Crippen molar-refractivity contribution in [2.24, 2.45) is 0 Å². The molecule has 1 nitrogen and oxygen atoms in total. The molecule has 2 heterocycles. The first-order valence-corrected chi connectivity index (χ1v) is 8.79. The van der Waals surface area contributed by atoms with Gasteiger partial charge in [-0.3, -0.25) is 0 Å². The Hall–Kier alpha value is 0.420. The molecule has 18 heavy (non-hydrogen) atoms. The van der Waals surface area contributed by atoms with Gasteiger partial charge in [-0.1, -0.05) is 30.1 Å². The van der Waals surface area contributed by atoms with Crippen LogP contribution in [0.3, 0.4) is 0 Å². The first-order chi connectivity index (χ1) is 8.63. The maximum atomic E-state index is 6.24. The predicted octanol–water partition coefficient (Wildman–Crippen LogP) is 5.97. The highest BCUT2D eigenvalue weighted by atomic mass is 79.9. The van der Waals surface area contributed by atoms with Gasteiger partial charge in [0.1, 0.15) is 0 Å². The van der Waals surface area contributed by atoms with Crippen molar-refractivity contribution in [3.63, 3.8) is 0 Å². The van der Waals surface area contributed by atoms with Gasteiger partial charge in [-0.2, -0.15) is 0 Å². The summed E-state index contributed by atoms with van der Waals surface area (Å²) in [5.41, 5.74) is 0. The van der Waals surface area contributed by atoms with Gasteiger partial charge in [0.25, 0.3) is 0 Å². The molecule has 1 N–H and O–H groups in total. The van der Waals surface area contributed by atoms with E-state index in [2.05, 4.69) is 28.2 Å². The summed E-state index contributed by atoms with van der Waals surface area (Å²) in [5, 5.41) is 7.11. The molecule has 0 aromatic carbocycles. The number of nitrogens with one attached hydrogen (secondary N) is 1. The molecule has 2 rings (SSSR count). The normalized spacial score (nSPS) is 12.9. The maximum Gasteiger partial charge on any atom is 0.0888 e. The first-order valence-electron chi connectivity index (χ1n) is 5.54. The minimum Gasteiger partial charge on any atom is -0.305 e. The molecule has 0 bridgehead atoms. The lowest BCUT2D eigenvalue weighted by atomic mass is 10.2. The van der Waals surface area contributed by atoms with Gasteiger partial charge < -0.3 is 5.32 Å². The number of rotatable bonds is 5. The highest BCUT2D eigenvalue weighted by molar-refractivity contribution is 9.11. The van der Waals surface area contributed by atoms with Gasteiger partial charge in [0.2, 0.25) is 0 Å². The zero-order chi connectivity index (χ0) is 13.1. The van der Waals surface area contributed by atoms with E-state index in [-0.39, 0.29) is 6.04 Å². The second kappa shape index (κ2) is 6.73. The Morgan fingerprint density at radius 2 is 2.17 bits per heavy atom. The number of thiophene rings is 2. The zero-order valence-electron chi connectivity index (χ0n) is 9.67. The maximum absolute atomic E-state index is 6.24. The quantitative estimate of drug-likeness (QED) is 0.669. The summed E-state index contributed by atoms with van der Waals surface area (Å²) in [6.07, 6.45) is 1.08. The fourth-order valence-corrected chi connectivity index (χ4v) is 4.79. The third-order valence-corrected chi connectivity index (χ3v) is 6.42. The van der Waals surface area contributed by atoms with Crippen molar-refractivity contribution >= 4 is 61.8 Å². The van der Waals surface area contributed by atoms with Crippen molar-refractivity contribution in [3.8, 4) is 0 Å². The highest BCUT2D eigenvalue weighted by Gasteiger charge is 2.20. The van der Waals surface area contributed by atoms with Crippen molar-refractivity contribution in [1.82, 2.24) is 5.32 Å². The summed E-state index contributed by atoms with van der Waals surface area (Å²) in [6, 6.07) is 4.07. The number of halogens is 3. The van der Waals surface area contributed by atoms with E-state index in [0.717, 1.165) is 31.7 Å². The molecule has 0 saturated heterocycles. The summed E-state index contributed by atoms with van der Waals surface area (Å²) >= 11 is 19.1. The van der Waals surface area contributed by atoms with E-state index in [9.17, 15) is 0 Å². The minimum atomic E-state index is 0.131. The summed E-state index contributed by atoms with van der Waals surface area (Å²) in [7, 11) is 0. The van der Waals surface area contributed by atoms with Crippen LogP contribution in [0, 0.1) is 0 Å². The first kappa shape index (κ1) is 14.8. The van der Waals surface area contributed by atoms with Crippen molar-refractivity contribution in [2.75, 3.05) is 6.54 Å². The largest absolute Gasteiger partial charge is 0.305 e. The van der Waals surface area contributed by atoms with Crippen LogP contribution in [-0.4, -0.2) is 6.54 Å².